The molecule has 6 aromatic rings. The van der Waals surface area contributed by atoms with Crippen molar-refractivity contribution in [3.8, 4) is 22.9 Å². The lowest BCUT2D eigenvalue weighted by Gasteiger charge is -2.26. The first-order valence-electron chi connectivity index (χ1n) is 19.9. The van der Waals surface area contributed by atoms with Gasteiger partial charge in [0.25, 0.3) is 0 Å². The maximum atomic E-state index is 11.7. The highest BCUT2D eigenvalue weighted by Gasteiger charge is 2.26. The molecule has 56 heavy (non-hydrogen) atoms. The molecule has 1 aliphatic carbocycles. The summed E-state index contributed by atoms with van der Waals surface area (Å²) in [5.41, 5.74) is 7.39. The molecule has 0 radical (unpaired) electrons. The predicted molar refractivity (Wildman–Crippen MR) is 225 cm³/mol. The van der Waals surface area contributed by atoms with Gasteiger partial charge in [0.2, 0.25) is 12.7 Å². The lowest BCUT2D eigenvalue weighted by molar-refractivity contribution is -0.687. The van der Waals surface area contributed by atoms with Crippen LogP contribution in [0.2, 0.25) is 0 Å². The summed E-state index contributed by atoms with van der Waals surface area (Å²) in [6.07, 6.45) is 20.0. The standard InChI is InChI=1S/C48H54N6O2/c1-47(2,3)39-25-35(45(55)37(27-39)31-51-21-23-53(33-51)41-15-9-7-10-16-41)29-49-43-19-13-14-20-44(43)50-30-36-26-40(48(4,5)6)28-38(46(36)56)32-52-22-24-54(34-52)42-17-11-8-12-18-42/h7-12,15-18,21-30,33-34,43-44H,13-14,19-20,31-32H2,1-6H3/p+2/t43-,44-/m1/s1. The fourth-order valence-corrected chi connectivity index (χ4v) is 7.41. The topological polar surface area (TPSA) is 82.8 Å². The first-order valence-corrected chi connectivity index (χ1v) is 19.9. The van der Waals surface area contributed by atoms with E-state index in [4.69, 9.17) is 9.98 Å². The van der Waals surface area contributed by atoms with E-state index < -0.39 is 0 Å². The van der Waals surface area contributed by atoms with Gasteiger partial charge in [-0.15, -0.1) is 0 Å². The fraction of sp³-hybridized carbons (Fsp3) is 0.333. The Labute approximate surface area is 331 Å². The molecule has 1 saturated carbocycles. The Balaban J connectivity index is 1.14. The van der Waals surface area contributed by atoms with E-state index in [1.807, 2.05) is 73.6 Å². The molecule has 0 amide bonds. The smallest absolute Gasteiger partial charge is 0.249 e. The van der Waals surface area contributed by atoms with E-state index in [0.29, 0.717) is 13.1 Å². The molecular weight excluding hydrogens is 693 g/mol. The summed E-state index contributed by atoms with van der Waals surface area (Å²) < 4.78 is 8.35. The minimum Gasteiger partial charge on any atom is -0.507 e. The molecule has 4 aromatic carbocycles. The van der Waals surface area contributed by atoms with Gasteiger partial charge in [0.1, 0.15) is 60.8 Å². The number of phenols is 2. The Morgan fingerprint density at radius 3 is 1.38 bits per heavy atom. The van der Waals surface area contributed by atoms with Gasteiger partial charge >= 0.3 is 0 Å². The predicted octanol–water partition coefficient (Wildman–Crippen LogP) is 8.80. The van der Waals surface area contributed by atoms with Gasteiger partial charge in [-0.3, -0.25) is 9.98 Å². The fourth-order valence-electron chi connectivity index (χ4n) is 7.41. The Bertz CT molecular complexity index is 2160. The van der Waals surface area contributed by atoms with Crippen molar-refractivity contribution >= 4 is 12.4 Å². The summed E-state index contributed by atoms with van der Waals surface area (Å²) in [7, 11) is 0. The van der Waals surface area contributed by atoms with Crippen molar-refractivity contribution in [2.45, 2.75) is 103 Å². The van der Waals surface area contributed by atoms with Gasteiger partial charge in [-0.2, -0.15) is 0 Å². The van der Waals surface area contributed by atoms with Crippen LogP contribution in [-0.4, -0.2) is 43.9 Å². The molecule has 0 aliphatic heterocycles. The number of imidazole rings is 2. The van der Waals surface area contributed by atoms with Gasteiger partial charge in [0.05, 0.1) is 12.1 Å². The van der Waals surface area contributed by atoms with Crippen LogP contribution >= 0.6 is 0 Å². The Kier molecular flexibility index (Phi) is 11.1. The van der Waals surface area contributed by atoms with E-state index in [1.165, 1.54) is 0 Å². The number of hydrogen-bond acceptors (Lipinski definition) is 4. The zero-order valence-corrected chi connectivity index (χ0v) is 33.7. The largest absolute Gasteiger partial charge is 0.507 e. The number of rotatable bonds is 10. The van der Waals surface area contributed by atoms with Crippen LogP contribution in [0.1, 0.15) is 101 Å². The second-order valence-electron chi connectivity index (χ2n) is 17.3. The van der Waals surface area contributed by atoms with E-state index in [-0.39, 0.29) is 34.4 Å². The van der Waals surface area contributed by atoms with E-state index in [9.17, 15) is 10.2 Å². The van der Waals surface area contributed by atoms with Crippen LogP contribution in [0.4, 0.5) is 0 Å². The molecule has 2 atom stereocenters. The second-order valence-corrected chi connectivity index (χ2v) is 17.3. The molecule has 2 N–H and O–H groups in total. The zero-order valence-electron chi connectivity index (χ0n) is 33.7. The van der Waals surface area contributed by atoms with Crippen molar-refractivity contribution in [2.24, 2.45) is 9.98 Å². The molecule has 1 fully saturated rings. The highest BCUT2D eigenvalue weighted by atomic mass is 16.3. The highest BCUT2D eigenvalue weighted by Crippen LogP contribution is 2.33. The van der Waals surface area contributed by atoms with Crippen molar-refractivity contribution in [3.05, 3.63) is 156 Å². The molecule has 0 bridgehead atoms. The highest BCUT2D eigenvalue weighted by molar-refractivity contribution is 5.86. The summed E-state index contributed by atoms with van der Waals surface area (Å²) in [4.78, 5) is 10.3. The maximum absolute atomic E-state index is 11.7. The van der Waals surface area contributed by atoms with Crippen molar-refractivity contribution in [1.29, 1.82) is 0 Å². The SMILES string of the molecule is CC(C)(C)c1cc(C=N[C@@H]2CCCC[C@H]2N=Cc2cc(C(C)(C)C)cc(C[n+]3ccn(-c4ccccc4)c3)c2O)c(O)c(C[n+]2ccn(-c3ccccc3)c2)c1. The zero-order chi connectivity index (χ0) is 39.5. The van der Waals surface area contributed by atoms with E-state index in [1.54, 1.807) is 0 Å². The summed E-state index contributed by atoms with van der Waals surface area (Å²) in [5, 5.41) is 23.3. The Hall–Kier alpha value is -5.76. The van der Waals surface area contributed by atoms with Crippen LogP contribution in [-0.2, 0) is 23.9 Å². The molecular formula is C48H56N6O2+2. The van der Waals surface area contributed by atoms with Gasteiger partial charge in [0, 0.05) is 34.7 Å². The van der Waals surface area contributed by atoms with Crippen LogP contribution in [0.25, 0.3) is 11.4 Å². The number of para-hydroxylation sites is 2. The molecule has 1 aliphatic rings. The van der Waals surface area contributed by atoms with Gasteiger partial charge in [-0.1, -0.05) is 90.8 Å². The normalized spacial score (nSPS) is 16.6. The van der Waals surface area contributed by atoms with Gasteiger partial charge in [-0.25, -0.2) is 18.3 Å². The van der Waals surface area contributed by atoms with Gasteiger partial charge < -0.3 is 10.2 Å². The molecule has 8 nitrogen and oxygen atoms in total. The minimum atomic E-state index is -0.115. The molecule has 2 heterocycles. The lowest BCUT2D eigenvalue weighted by atomic mass is 9.84. The molecule has 0 saturated heterocycles. The average Bonchev–Trinajstić information content (AvgIpc) is 3.86. The number of benzene rings is 4. The number of nitrogens with zero attached hydrogens (tertiary/aromatic N) is 6. The van der Waals surface area contributed by atoms with Crippen LogP contribution in [0.15, 0.2) is 132 Å². The Morgan fingerprint density at radius 2 is 1.00 bits per heavy atom. The van der Waals surface area contributed by atoms with Crippen molar-refractivity contribution in [1.82, 2.24) is 9.13 Å². The first-order chi connectivity index (χ1) is 26.8. The molecule has 2 aromatic heterocycles. The molecule has 0 unspecified atom stereocenters. The van der Waals surface area contributed by atoms with E-state index >= 15 is 0 Å². The molecule has 7 rings (SSSR count). The first kappa shape index (κ1) is 38.5. The van der Waals surface area contributed by atoms with Crippen molar-refractivity contribution < 1.29 is 19.3 Å². The van der Waals surface area contributed by atoms with Crippen LogP contribution in [0.5, 0.6) is 11.5 Å². The van der Waals surface area contributed by atoms with Crippen LogP contribution in [0, 0.1) is 0 Å². The van der Waals surface area contributed by atoms with Crippen molar-refractivity contribution in [2.75, 3.05) is 0 Å². The average molecular weight is 749 g/mol. The summed E-state index contributed by atoms with van der Waals surface area (Å²) in [6.45, 7) is 14.3. The number of aromatic nitrogens is 4. The van der Waals surface area contributed by atoms with E-state index in [2.05, 4.69) is 121 Å². The van der Waals surface area contributed by atoms with E-state index in [0.717, 1.165) is 70.4 Å². The quantitative estimate of drug-likeness (QED) is 0.109. The number of aliphatic imine (C=N–C) groups is 2. The summed E-state index contributed by atoms with van der Waals surface area (Å²) >= 11 is 0. The molecule has 0 spiro atoms. The Morgan fingerprint density at radius 1 is 0.607 bits per heavy atom. The minimum absolute atomic E-state index is 0.0314. The lowest BCUT2D eigenvalue weighted by Crippen LogP contribution is -2.32. The number of phenolic OH excluding ortho intramolecular Hbond substituents is 2. The van der Waals surface area contributed by atoms with Crippen LogP contribution in [0.3, 0.4) is 0 Å². The van der Waals surface area contributed by atoms with Gasteiger partial charge in [-0.05, 0) is 83.3 Å². The maximum Gasteiger partial charge on any atom is 0.249 e. The van der Waals surface area contributed by atoms with Crippen LogP contribution < -0.4 is 9.13 Å². The molecule has 8 heteroatoms. The summed E-state index contributed by atoms with van der Waals surface area (Å²) in [6, 6.07) is 28.8. The van der Waals surface area contributed by atoms with Gasteiger partial charge in [0.15, 0.2) is 0 Å². The third-order valence-corrected chi connectivity index (χ3v) is 10.9. The number of hydrogen-bond donors (Lipinski definition) is 2. The van der Waals surface area contributed by atoms with Crippen molar-refractivity contribution in [3.63, 3.8) is 0 Å². The second kappa shape index (κ2) is 16.1. The third-order valence-electron chi connectivity index (χ3n) is 10.9. The number of aromatic hydroxyl groups is 2. The monoisotopic (exact) mass is 748 g/mol. The third kappa shape index (κ3) is 9.02. The summed E-state index contributed by atoms with van der Waals surface area (Å²) in [5.74, 6) is 0.511. The molecule has 288 valence electrons.